The Morgan fingerprint density at radius 1 is 1.30 bits per heavy atom. The monoisotopic (exact) mass is 355 g/mol. The van der Waals surface area contributed by atoms with Gasteiger partial charge in [0.25, 0.3) is 0 Å². The third-order valence-corrected chi connectivity index (χ3v) is 6.61. The lowest BCUT2D eigenvalue weighted by atomic mass is 10.1. The smallest absolute Gasteiger partial charge is 0.207 e. The van der Waals surface area contributed by atoms with E-state index in [0.29, 0.717) is 23.0 Å². The Balaban J connectivity index is 2.52. The molecule has 0 radical (unpaired) electrons. The first-order valence-corrected chi connectivity index (χ1v) is 9.06. The molecule has 0 bridgehead atoms. The second kappa shape index (κ2) is 6.01. The lowest BCUT2D eigenvalue weighted by molar-refractivity contribution is 0.405. The largest absolute Gasteiger partial charge is 0.244 e. The molecule has 1 heterocycles. The van der Waals surface area contributed by atoms with Crippen LogP contribution < -0.4 is 0 Å². The quantitative estimate of drug-likeness (QED) is 0.763. The lowest BCUT2D eigenvalue weighted by Gasteiger charge is -2.22. The Morgan fingerprint density at radius 2 is 1.95 bits per heavy atom. The van der Waals surface area contributed by atoms with Gasteiger partial charge in [-0.15, -0.1) is 11.6 Å². The van der Waals surface area contributed by atoms with Crippen LogP contribution in [0.25, 0.3) is 0 Å². The summed E-state index contributed by atoms with van der Waals surface area (Å²) >= 11 is 17.9. The van der Waals surface area contributed by atoms with E-state index in [1.165, 1.54) is 10.4 Å². The van der Waals surface area contributed by atoms with E-state index in [-0.39, 0.29) is 21.8 Å². The molecule has 1 fully saturated rings. The number of rotatable bonds is 3. The van der Waals surface area contributed by atoms with Gasteiger partial charge < -0.3 is 0 Å². The molecule has 1 saturated heterocycles. The predicted molar refractivity (Wildman–Crippen MR) is 83.2 cm³/mol. The highest BCUT2D eigenvalue weighted by molar-refractivity contribution is 7.89. The van der Waals surface area contributed by atoms with E-state index < -0.39 is 10.0 Å². The molecule has 112 valence electrons. The lowest BCUT2D eigenvalue weighted by Crippen LogP contribution is -2.34. The fourth-order valence-corrected chi connectivity index (χ4v) is 5.58. The molecule has 2 rings (SSSR count). The van der Waals surface area contributed by atoms with Crippen molar-refractivity contribution in [2.45, 2.75) is 37.1 Å². The van der Waals surface area contributed by atoms with Gasteiger partial charge in [-0.05, 0) is 37.0 Å². The maximum atomic E-state index is 12.8. The van der Waals surface area contributed by atoms with Gasteiger partial charge >= 0.3 is 0 Å². The highest BCUT2D eigenvalue weighted by atomic mass is 35.5. The Hall–Kier alpha value is -0.000000000000000111. The summed E-state index contributed by atoms with van der Waals surface area (Å²) in [5, 5.41) is 0.486. The highest BCUT2D eigenvalue weighted by Crippen LogP contribution is 2.35. The molecule has 7 heteroatoms. The van der Waals surface area contributed by atoms with Crippen molar-refractivity contribution in [3.05, 3.63) is 27.7 Å². The third-order valence-electron chi connectivity index (χ3n) is 3.54. The summed E-state index contributed by atoms with van der Waals surface area (Å²) in [6.07, 6.45) is 0.847. The van der Waals surface area contributed by atoms with Crippen molar-refractivity contribution in [3.8, 4) is 0 Å². The average Bonchev–Trinajstić information content (AvgIpc) is 2.71. The van der Waals surface area contributed by atoms with E-state index >= 15 is 0 Å². The van der Waals surface area contributed by atoms with Gasteiger partial charge in [0.2, 0.25) is 10.0 Å². The highest BCUT2D eigenvalue weighted by Gasteiger charge is 2.37. The number of hydrogen-bond acceptors (Lipinski definition) is 2. The van der Waals surface area contributed by atoms with Gasteiger partial charge in [-0.2, -0.15) is 4.31 Å². The van der Waals surface area contributed by atoms with Crippen LogP contribution in [-0.2, 0) is 15.9 Å². The molecule has 1 aliphatic rings. The summed E-state index contributed by atoms with van der Waals surface area (Å²) in [6.45, 7) is 4.44. The van der Waals surface area contributed by atoms with Crippen LogP contribution in [-0.4, -0.2) is 25.3 Å². The van der Waals surface area contributed by atoms with Crippen molar-refractivity contribution in [2.75, 3.05) is 6.54 Å². The Bertz CT molecular complexity index is 618. The minimum Gasteiger partial charge on any atom is -0.207 e. The topological polar surface area (TPSA) is 37.4 Å². The van der Waals surface area contributed by atoms with Crippen molar-refractivity contribution in [1.29, 1.82) is 0 Å². The predicted octanol–water partition coefficient (Wildman–Crippen LogP) is 4.15. The number of nitrogens with zero attached hydrogens (tertiary/aromatic N) is 1. The van der Waals surface area contributed by atoms with Crippen LogP contribution in [0.15, 0.2) is 17.0 Å². The summed E-state index contributed by atoms with van der Waals surface area (Å²) in [4.78, 5) is 0.0447. The molecule has 0 spiro atoms. The fourth-order valence-electron chi connectivity index (χ4n) is 2.63. The van der Waals surface area contributed by atoms with Gasteiger partial charge in [0.1, 0.15) is 4.90 Å². The number of halogens is 3. The molecule has 0 amide bonds. The van der Waals surface area contributed by atoms with E-state index in [9.17, 15) is 8.42 Å². The summed E-state index contributed by atoms with van der Waals surface area (Å²) in [5.74, 6) is 0.457. The molecule has 1 aromatic carbocycles. The van der Waals surface area contributed by atoms with Crippen molar-refractivity contribution >= 4 is 44.8 Å². The van der Waals surface area contributed by atoms with Crippen LogP contribution in [0.2, 0.25) is 10.0 Å². The third kappa shape index (κ3) is 2.95. The minimum absolute atomic E-state index is 0.0375. The summed E-state index contributed by atoms with van der Waals surface area (Å²) < 4.78 is 27.0. The SMILES string of the molecule is CC1CC(C)N(S(=O)(=O)c2cc(Cl)cc(CCl)c2Cl)C1. The van der Waals surface area contributed by atoms with Crippen molar-refractivity contribution in [3.63, 3.8) is 0 Å². The van der Waals surface area contributed by atoms with E-state index in [2.05, 4.69) is 0 Å². The average molecular weight is 357 g/mol. The molecule has 0 aliphatic carbocycles. The van der Waals surface area contributed by atoms with Gasteiger partial charge in [0.15, 0.2) is 0 Å². The van der Waals surface area contributed by atoms with E-state index in [4.69, 9.17) is 34.8 Å². The van der Waals surface area contributed by atoms with Gasteiger partial charge in [0.05, 0.1) is 5.02 Å². The first-order chi connectivity index (χ1) is 9.27. The summed E-state index contributed by atoms with van der Waals surface area (Å²) in [7, 11) is -3.65. The van der Waals surface area contributed by atoms with Crippen LogP contribution in [0.1, 0.15) is 25.8 Å². The second-order valence-electron chi connectivity index (χ2n) is 5.28. The molecule has 0 saturated carbocycles. The molecule has 0 aromatic heterocycles. The first kappa shape index (κ1) is 16.4. The van der Waals surface area contributed by atoms with Gasteiger partial charge in [-0.3, -0.25) is 0 Å². The Labute approximate surface area is 134 Å². The number of benzene rings is 1. The molecular formula is C13H16Cl3NO2S. The molecule has 3 nitrogen and oxygen atoms in total. The van der Waals surface area contributed by atoms with Gasteiger partial charge in [-0.1, -0.05) is 30.1 Å². The Morgan fingerprint density at radius 3 is 2.45 bits per heavy atom. The van der Waals surface area contributed by atoms with Crippen LogP contribution in [0, 0.1) is 5.92 Å². The summed E-state index contributed by atoms with van der Waals surface area (Å²) in [5.41, 5.74) is 0.527. The first-order valence-electron chi connectivity index (χ1n) is 6.33. The minimum atomic E-state index is -3.65. The van der Waals surface area contributed by atoms with Crippen molar-refractivity contribution in [1.82, 2.24) is 4.31 Å². The zero-order valence-corrected chi connectivity index (χ0v) is 14.3. The number of sulfonamides is 1. The zero-order valence-electron chi connectivity index (χ0n) is 11.2. The normalized spacial score (nSPS) is 24.2. The molecule has 1 aliphatic heterocycles. The van der Waals surface area contributed by atoms with Gasteiger partial charge in [0, 0.05) is 23.5 Å². The van der Waals surface area contributed by atoms with E-state index in [0.717, 1.165) is 6.42 Å². The fraction of sp³-hybridized carbons (Fsp3) is 0.538. The molecule has 0 N–H and O–H groups in total. The molecule has 1 aromatic rings. The van der Waals surface area contributed by atoms with Crippen LogP contribution >= 0.6 is 34.8 Å². The van der Waals surface area contributed by atoms with Crippen molar-refractivity contribution in [2.24, 2.45) is 5.92 Å². The number of alkyl halides is 1. The maximum Gasteiger partial charge on any atom is 0.244 e. The molecule has 2 atom stereocenters. The zero-order chi connectivity index (χ0) is 15.1. The van der Waals surface area contributed by atoms with E-state index in [1.54, 1.807) is 6.07 Å². The maximum absolute atomic E-state index is 12.8. The second-order valence-corrected chi connectivity index (χ2v) is 8.22. The van der Waals surface area contributed by atoms with Crippen LogP contribution in [0.3, 0.4) is 0 Å². The molecule has 2 unspecified atom stereocenters. The molecular weight excluding hydrogens is 341 g/mol. The summed E-state index contributed by atoms with van der Waals surface area (Å²) in [6, 6.07) is 2.95. The number of hydrogen-bond donors (Lipinski definition) is 0. The van der Waals surface area contributed by atoms with Crippen molar-refractivity contribution < 1.29 is 8.42 Å². The molecule has 20 heavy (non-hydrogen) atoms. The van der Waals surface area contributed by atoms with Crippen LogP contribution in [0.4, 0.5) is 0 Å². The van der Waals surface area contributed by atoms with E-state index in [1.807, 2.05) is 13.8 Å². The standard InChI is InChI=1S/C13H16Cl3NO2S/c1-8-3-9(2)17(7-8)20(18,19)12-5-11(15)4-10(6-14)13(12)16/h4-5,8-9H,3,6-7H2,1-2H3. The van der Waals surface area contributed by atoms with Crippen LogP contribution in [0.5, 0.6) is 0 Å². The Kier molecular flexibility index (Phi) is 4.92. The van der Waals surface area contributed by atoms with Gasteiger partial charge in [-0.25, -0.2) is 8.42 Å².